The van der Waals surface area contributed by atoms with E-state index in [4.69, 9.17) is 5.73 Å². The van der Waals surface area contributed by atoms with E-state index in [1.807, 2.05) is 0 Å². The fraction of sp³-hybridized carbons (Fsp3) is 0.929. The van der Waals surface area contributed by atoms with Crippen LogP contribution in [0.2, 0.25) is 0 Å². The highest BCUT2D eigenvalue weighted by molar-refractivity contribution is 5.79. The number of hydrogen-bond acceptors (Lipinski definition) is 2. The van der Waals surface area contributed by atoms with Crippen molar-refractivity contribution in [2.75, 3.05) is 6.54 Å². The summed E-state index contributed by atoms with van der Waals surface area (Å²) in [6.45, 7) is 3.24. The monoisotopic (exact) mass is 236 g/mol. The van der Waals surface area contributed by atoms with Gasteiger partial charge in [0.15, 0.2) is 0 Å². The molecule has 1 aliphatic heterocycles. The molecule has 0 aromatic rings. The van der Waals surface area contributed by atoms with Crippen molar-refractivity contribution in [2.45, 2.75) is 57.5 Å². The summed E-state index contributed by atoms with van der Waals surface area (Å²) >= 11 is 0. The molecule has 5 atom stereocenters. The van der Waals surface area contributed by atoms with Crippen molar-refractivity contribution in [3.05, 3.63) is 0 Å². The van der Waals surface area contributed by atoms with Crippen LogP contribution in [-0.2, 0) is 4.79 Å². The van der Waals surface area contributed by atoms with Crippen molar-refractivity contribution in [1.29, 1.82) is 0 Å². The molecule has 0 aromatic carbocycles. The maximum Gasteiger partial charge on any atom is 0.225 e. The zero-order chi connectivity index (χ0) is 12.0. The lowest BCUT2D eigenvalue weighted by Gasteiger charge is -2.36. The molecule has 3 aliphatic rings. The summed E-state index contributed by atoms with van der Waals surface area (Å²) < 4.78 is 0. The molecule has 2 aliphatic carbocycles. The molecule has 5 unspecified atom stereocenters. The van der Waals surface area contributed by atoms with E-state index in [2.05, 4.69) is 11.8 Å². The van der Waals surface area contributed by atoms with Gasteiger partial charge in [0.05, 0.1) is 0 Å². The van der Waals surface area contributed by atoms with Crippen LogP contribution in [0.1, 0.15) is 45.4 Å². The number of likely N-dealkylation sites (tertiary alicyclic amines) is 1. The van der Waals surface area contributed by atoms with E-state index in [-0.39, 0.29) is 5.92 Å². The highest BCUT2D eigenvalue weighted by atomic mass is 16.2. The van der Waals surface area contributed by atoms with Gasteiger partial charge in [0, 0.05) is 24.5 Å². The van der Waals surface area contributed by atoms with Crippen molar-refractivity contribution in [1.82, 2.24) is 4.90 Å². The van der Waals surface area contributed by atoms with E-state index in [0.717, 1.165) is 31.7 Å². The Balaban J connectivity index is 1.63. The van der Waals surface area contributed by atoms with E-state index in [1.54, 1.807) is 0 Å². The highest BCUT2D eigenvalue weighted by Gasteiger charge is 2.43. The molecule has 3 nitrogen and oxygen atoms in total. The highest BCUT2D eigenvalue weighted by Crippen LogP contribution is 2.39. The van der Waals surface area contributed by atoms with Gasteiger partial charge in [-0.25, -0.2) is 0 Å². The van der Waals surface area contributed by atoms with E-state index >= 15 is 0 Å². The summed E-state index contributed by atoms with van der Waals surface area (Å²) in [5.74, 6) is 2.03. The lowest BCUT2D eigenvalue weighted by molar-refractivity contribution is -0.138. The number of nitrogens with two attached hydrogens (primary N) is 1. The Morgan fingerprint density at radius 1 is 1.18 bits per heavy atom. The topological polar surface area (TPSA) is 46.3 Å². The minimum Gasteiger partial charge on any atom is -0.339 e. The van der Waals surface area contributed by atoms with Crippen molar-refractivity contribution in [2.24, 2.45) is 23.5 Å². The number of rotatable bonds is 1. The fourth-order valence-corrected chi connectivity index (χ4v) is 4.07. The quantitative estimate of drug-likeness (QED) is 0.754. The van der Waals surface area contributed by atoms with Crippen LogP contribution in [-0.4, -0.2) is 29.4 Å². The summed E-state index contributed by atoms with van der Waals surface area (Å²) in [4.78, 5) is 14.7. The van der Waals surface area contributed by atoms with Gasteiger partial charge in [-0.05, 0) is 50.4 Å². The van der Waals surface area contributed by atoms with Crippen molar-refractivity contribution in [3.63, 3.8) is 0 Å². The van der Waals surface area contributed by atoms with Crippen LogP contribution >= 0.6 is 0 Å². The molecule has 3 fully saturated rings. The number of amides is 1. The lowest BCUT2D eigenvalue weighted by Crippen LogP contribution is -2.45. The van der Waals surface area contributed by atoms with Gasteiger partial charge in [-0.15, -0.1) is 0 Å². The first-order valence-corrected chi connectivity index (χ1v) is 7.21. The first-order chi connectivity index (χ1) is 8.15. The number of nitrogens with zero attached hydrogens (tertiary/aromatic N) is 1. The van der Waals surface area contributed by atoms with Gasteiger partial charge in [0.2, 0.25) is 5.91 Å². The molecule has 96 valence electrons. The fourth-order valence-electron chi connectivity index (χ4n) is 4.07. The molecule has 0 spiro atoms. The molecule has 3 heteroatoms. The van der Waals surface area contributed by atoms with E-state index in [1.165, 1.54) is 19.3 Å². The van der Waals surface area contributed by atoms with Gasteiger partial charge in [0.25, 0.3) is 0 Å². The molecule has 2 N–H and O–H groups in total. The van der Waals surface area contributed by atoms with Gasteiger partial charge in [-0.1, -0.05) is 6.92 Å². The van der Waals surface area contributed by atoms with Crippen LogP contribution in [0.15, 0.2) is 0 Å². The average Bonchev–Trinajstić information content (AvgIpc) is 2.93. The predicted octanol–water partition coefficient (Wildman–Crippen LogP) is 1.76. The number of hydrogen-bond donors (Lipinski definition) is 1. The van der Waals surface area contributed by atoms with Crippen LogP contribution in [0, 0.1) is 17.8 Å². The van der Waals surface area contributed by atoms with Crippen molar-refractivity contribution >= 4 is 5.91 Å². The van der Waals surface area contributed by atoms with E-state index < -0.39 is 0 Å². The normalized spacial score (nSPS) is 45.3. The van der Waals surface area contributed by atoms with Crippen molar-refractivity contribution < 1.29 is 4.79 Å². The second-order valence-electron chi connectivity index (χ2n) is 6.47. The average molecular weight is 236 g/mol. The summed E-state index contributed by atoms with van der Waals surface area (Å²) in [5, 5.41) is 0. The number of carbonyl (C=O) groups is 1. The van der Waals surface area contributed by atoms with Crippen LogP contribution in [0.5, 0.6) is 0 Å². The second kappa shape index (κ2) is 4.27. The molecule has 3 rings (SSSR count). The van der Waals surface area contributed by atoms with Gasteiger partial charge in [0.1, 0.15) is 0 Å². The van der Waals surface area contributed by atoms with Gasteiger partial charge in [-0.3, -0.25) is 4.79 Å². The Bertz CT molecular complexity index is 317. The first kappa shape index (κ1) is 11.5. The number of piperidine rings is 1. The smallest absolute Gasteiger partial charge is 0.225 e. The molecule has 17 heavy (non-hydrogen) atoms. The molecule has 1 heterocycles. The Hall–Kier alpha value is -0.570. The first-order valence-electron chi connectivity index (χ1n) is 7.21. The third kappa shape index (κ3) is 1.99. The molecular formula is C14H24N2O. The summed E-state index contributed by atoms with van der Waals surface area (Å²) in [6, 6.07) is 0.896. The molecular weight excluding hydrogens is 212 g/mol. The summed E-state index contributed by atoms with van der Waals surface area (Å²) in [5.41, 5.74) is 6.03. The summed E-state index contributed by atoms with van der Waals surface area (Å²) in [6.07, 6.45) is 6.91. The SMILES string of the molecule is CC1CC(C(=O)N2CC3CCC2C3)CCC1N. The van der Waals surface area contributed by atoms with Crippen LogP contribution < -0.4 is 5.73 Å². The maximum atomic E-state index is 12.5. The standard InChI is InChI=1S/C14H24N2O/c1-9-6-11(3-5-13(9)15)14(17)16-8-10-2-4-12(16)7-10/h9-13H,2-8,15H2,1H3. The molecule has 2 bridgehead atoms. The van der Waals surface area contributed by atoms with Gasteiger partial charge >= 0.3 is 0 Å². The number of fused-ring (bicyclic) bond motifs is 2. The third-order valence-electron chi connectivity index (χ3n) is 5.28. The van der Waals surface area contributed by atoms with Crippen LogP contribution in [0.25, 0.3) is 0 Å². The van der Waals surface area contributed by atoms with Crippen molar-refractivity contribution in [3.8, 4) is 0 Å². The Morgan fingerprint density at radius 3 is 2.59 bits per heavy atom. The molecule has 1 amide bonds. The second-order valence-corrected chi connectivity index (χ2v) is 6.47. The lowest BCUT2D eigenvalue weighted by atomic mass is 9.78. The van der Waals surface area contributed by atoms with Crippen LogP contribution in [0.4, 0.5) is 0 Å². The van der Waals surface area contributed by atoms with E-state index in [0.29, 0.717) is 23.9 Å². The largest absolute Gasteiger partial charge is 0.339 e. The molecule has 0 aromatic heterocycles. The van der Waals surface area contributed by atoms with Crippen LogP contribution in [0.3, 0.4) is 0 Å². The Morgan fingerprint density at radius 2 is 2.00 bits per heavy atom. The summed E-state index contributed by atoms with van der Waals surface area (Å²) in [7, 11) is 0. The minimum absolute atomic E-state index is 0.268. The third-order valence-corrected chi connectivity index (χ3v) is 5.28. The van der Waals surface area contributed by atoms with Gasteiger partial charge < -0.3 is 10.6 Å². The number of carbonyl (C=O) groups excluding carboxylic acids is 1. The zero-order valence-electron chi connectivity index (χ0n) is 10.8. The predicted molar refractivity (Wildman–Crippen MR) is 67.3 cm³/mol. The minimum atomic E-state index is 0.268. The molecule has 1 saturated heterocycles. The van der Waals surface area contributed by atoms with E-state index in [9.17, 15) is 4.79 Å². The molecule has 2 saturated carbocycles. The zero-order valence-corrected chi connectivity index (χ0v) is 10.8. The van der Waals surface area contributed by atoms with Gasteiger partial charge in [-0.2, -0.15) is 0 Å². The Labute approximate surface area is 104 Å². The maximum absolute atomic E-state index is 12.5. The Kier molecular flexibility index (Phi) is 2.89. The molecule has 0 radical (unpaired) electrons.